The molecule has 134 valence electrons. The molecule has 8 heteroatoms. The van der Waals surface area contributed by atoms with E-state index in [-0.39, 0.29) is 18.6 Å². The predicted octanol–water partition coefficient (Wildman–Crippen LogP) is 2.86. The number of ether oxygens (including phenoxy) is 1. The van der Waals surface area contributed by atoms with Crippen molar-refractivity contribution < 1.29 is 9.53 Å². The first kappa shape index (κ1) is 17.5. The number of hydrogen-bond donors (Lipinski definition) is 2. The summed E-state index contributed by atoms with van der Waals surface area (Å²) in [6.45, 7) is 7.03. The summed E-state index contributed by atoms with van der Waals surface area (Å²) in [5.74, 6) is 0.928. The van der Waals surface area contributed by atoms with Crippen LogP contribution in [0.25, 0.3) is 0 Å². The summed E-state index contributed by atoms with van der Waals surface area (Å²) >= 11 is 1.41. The number of fused-ring (bicyclic) bond motifs is 1. The van der Waals surface area contributed by atoms with Crippen molar-refractivity contribution in [1.82, 2.24) is 10.2 Å². The Hall–Kier alpha value is -2.35. The van der Waals surface area contributed by atoms with Crippen LogP contribution in [0, 0.1) is 0 Å². The van der Waals surface area contributed by atoms with Gasteiger partial charge in [0, 0.05) is 11.6 Å². The molecule has 1 unspecified atom stereocenters. The van der Waals surface area contributed by atoms with E-state index in [9.17, 15) is 4.79 Å². The summed E-state index contributed by atoms with van der Waals surface area (Å²) in [5, 5.41) is 12.4. The Morgan fingerprint density at radius 1 is 1.48 bits per heavy atom. The normalized spacial score (nSPS) is 16.5. The Morgan fingerprint density at radius 2 is 2.28 bits per heavy atom. The van der Waals surface area contributed by atoms with Crippen LogP contribution in [0.5, 0.6) is 5.75 Å². The van der Waals surface area contributed by atoms with Crippen molar-refractivity contribution in [3.63, 3.8) is 0 Å². The molecule has 3 rings (SSSR count). The SMILES string of the molecule is CCC1CN(CC(=O)Nc2nnc(C(C)C)s2)c2cc(N)ccc2O1. The van der Waals surface area contributed by atoms with Gasteiger partial charge in [0.2, 0.25) is 11.0 Å². The molecule has 25 heavy (non-hydrogen) atoms. The molecule has 0 spiro atoms. The van der Waals surface area contributed by atoms with Crippen LogP contribution >= 0.6 is 11.3 Å². The highest BCUT2D eigenvalue weighted by atomic mass is 32.1. The van der Waals surface area contributed by atoms with Gasteiger partial charge in [-0.25, -0.2) is 0 Å². The van der Waals surface area contributed by atoms with E-state index in [2.05, 4.69) is 22.4 Å². The predicted molar refractivity (Wildman–Crippen MR) is 100 cm³/mol. The average Bonchev–Trinajstić information content (AvgIpc) is 3.03. The standard InChI is InChI=1S/C17H23N5O2S/c1-4-12-8-22(13-7-11(18)5-6-14(13)24-12)9-15(23)19-17-21-20-16(25-17)10(2)3/h5-7,10,12H,4,8-9,18H2,1-3H3,(H,19,21,23). The molecule has 2 heterocycles. The maximum Gasteiger partial charge on any atom is 0.245 e. The van der Waals surface area contributed by atoms with Crippen molar-refractivity contribution in [2.75, 3.05) is 29.0 Å². The monoisotopic (exact) mass is 361 g/mol. The van der Waals surface area contributed by atoms with Crippen LogP contribution in [-0.2, 0) is 4.79 Å². The smallest absolute Gasteiger partial charge is 0.245 e. The van der Waals surface area contributed by atoms with Gasteiger partial charge in [0.25, 0.3) is 0 Å². The van der Waals surface area contributed by atoms with Crippen LogP contribution in [0.2, 0.25) is 0 Å². The lowest BCUT2D eigenvalue weighted by Gasteiger charge is -2.35. The zero-order valence-corrected chi connectivity index (χ0v) is 15.5. The fourth-order valence-corrected chi connectivity index (χ4v) is 3.42. The molecule has 2 aromatic rings. The Morgan fingerprint density at radius 3 is 2.96 bits per heavy atom. The maximum absolute atomic E-state index is 12.5. The van der Waals surface area contributed by atoms with E-state index in [4.69, 9.17) is 10.5 Å². The largest absolute Gasteiger partial charge is 0.486 e. The van der Waals surface area contributed by atoms with Gasteiger partial charge in [-0.05, 0) is 24.6 Å². The molecule has 0 saturated carbocycles. The average molecular weight is 361 g/mol. The molecule has 0 fully saturated rings. The van der Waals surface area contributed by atoms with E-state index in [1.807, 2.05) is 36.9 Å². The molecule has 1 amide bonds. The highest BCUT2D eigenvalue weighted by Crippen LogP contribution is 2.35. The second-order valence-electron chi connectivity index (χ2n) is 6.40. The van der Waals surface area contributed by atoms with Gasteiger partial charge in [-0.15, -0.1) is 10.2 Å². The first-order valence-corrected chi connectivity index (χ1v) is 9.22. The summed E-state index contributed by atoms with van der Waals surface area (Å²) in [6, 6.07) is 5.51. The third-order valence-corrected chi connectivity index (χ3v) is 5.15. The van der Waals surface area contributed by atoms with Crippen LogP contribution in [-0.4, -0.2) is 35.3 Å². The summed E-state index contributed by atoms with van der Waals surface area (Å²) in [7, 11) is 0. The van der Waals surface area contributed by atoms with Crippen LogP contribution in [0.1, 0.15) is 38.1 Å². The second kappa shape index (κ2) is 7.26. The van der Waals surface area contributed by atoms with Crippen LogP contribution in [0.4, 0.5) is 16.5 Å². The lowest BCUT2D eigenvalue weighted by atomic mass is 10.1. The Bertz CT molecular complexity index is 761. The van der Waals surface area contributed by atoms with Crippen LogP contribution in [0.15, 0.2) is 18.2 Å². The van der Waals surface area contributed by atoms with E-state index >= 15 is 0 Å². The third-order valence-electron chi connectivity index (χ3n) is 4.01. The number of carbonyl (C=O) groups is 1. The summed E-state index contributed by atoms with van der Waals surface area (Å²) in [4.78, 5) is 14.5. The zero-order valence-electron chi connectivity index (χ0n) is 14.7. The molecule has 1 aliphatic rings. The summed E-state index contributed by atoms with van der Waals surface area (Å²) < 4.78 is 5.95. The third kappa shape index (κ3) is 4.01. The van der Waals surface area contributed by atoms with Gasteiger partial charge in [0.05, 0.1) is 18.8 Å². The minimum Gasteiger partial charge on any atom is -0.486 e. The van der Waals surface area contributed by atoms with Gasteiger partial charge in [0.15, 0.2) is 0 Å². The quantitative estimate of drug-likeness (QED) is 0.796. The molecule has 7 nitrogen and oxygen atoms in total. The first-order chi connectivity index (χ1) is 12.0. The number of aromatic nitrogens is 2. The van der Waals surface area contributed by atoms with Crippen molar-refractivity contribution in [2.24, 2.45) is 0 Å². The lowest BCUT2D eigenvalue weighted by Crippen LogP contribution is -2.43. The Labute approximate surface area is 151 Å². The van der Waals surface area contributed by atoms with Crippen molar-refractivity contribution in [3.05, 3.63) is 23.2 Å². The Kier molecular flexibility index (Phi) is 5.08. The van der Waals surface area contributed by atoms with Gasteiger partial charge < -0.3 is 15.4 Å². The van der Waals surface area contributed by atoms with Crippen molar-refractivity contribution >= 4 is 33.8 Å². The lowest BCUT2D eigenvalue weighted by molar-refractivity contribution is -0.115. The Balaban J connectivity index is 1.72. The topological polar surface area (TPSA) is 93.4 Å². The molecule has 0 radical (unpaired) electrons. The number of carbonyl (C=O) groups excluding carboxylic acids is 1. The first-order valence-electron chi connectivity index (χ1n) is 8.40. The molecule has 0 aliphatic carbocycles. The summed E-state index contributed by atoms with van der Waals surface area (Å²) in [5.41, 5.74) is 7.39. The minimum atomic E-state index is -0.128. The highest BCUT2D eigenvalue weighted by molar-refractivity contribution is 7.15. The van der Waals surface area contributed by atoms with Crippen LogP contribution in [0.3, 0.4) is 0 Å². The van der Waals surface area contributed by atoms with E-state index in [1.165, 1.54) is 11.3 Å². The molecular formula is C17H23N5O2S. The van der Waals surface area contributed by atoms with Gasteiger partial charge in [-0.2, -0.15) is 0 Å². The number of amides is 1. The molecule has 0 bridgehead atoms. The molecule has 1 aliphatic heterocycles. The molecule has 1 aromatic heterocycles. The molecule has 1 atom stereocenters. The van der Waals surface area contributed by atoms with E-state index in [0.29, 0.717) is 23.3 Å². The number of benzene rings is 1. The van der Waals surface area contributed by atoms with E-state index in [0.717, 1.165) is 22.9 Å². The zero-order chi connectivity index (χ0) is 18.0. The van der Waals surface area contributed by atoms with E-state index < -0.39 is 0 Å². The van der Waals surface area contributed by atoms with Gasteiger partial charge in [0.1, 0.15) is 16.9 Å². The number of rotatable bonds is 5. The number of anilines is 3. The van der Waals surface area contributed by atoms with E-state index in [1.54, 1.807) is 0 Å². The van der Waals surface area contributed by atoms with Crippen molar-refractivity contribution in [3.8, 4) is 5.75 Å². The van der Waals surface area contributed by atoms with Crippen LogP contribution < -0.4 is 20.7 Å². The fraction of sp³-hybridized carbons (Fsp3) is 0.471. The van der Waals surface area contributed by atoms with Gasteiger partial charge in [-0.3, -0.25) is 10.1 Å². The highest BCUT2D eigenvalue weighted by Gasteiger charge is 2.26. The second-order valence-corrected chi connectivity index (χ2v) is 7.41. The van der Waals surface area contributed by atoms with Gasteiger partial charge >= 0.3 is 0 Å². The number of nitrogens with two attached hydrogens (primary N) is 1. The number of nitrogens with one attached hydrogen (secondary N) is 1. The number of hydrogen-bond acceptors (Lipinski definition) is 7. The molecule has 3 N–H and O–H groups in total. The maximum atomic E-state index is 12.5. The fourth-order valence-electron chi connectivity index (χ4n) is 2.65. The van der Waals surface area contributed by atoms with Crippen molar-refractivity contribution in [2.45, 2.75) is 39.2 Å². The molecule has 0 saturated heterocycles. The molecular weight excluding hydrogens is 338 g/mol. The minimum absolute atomic E-state index is 0.0537. The van der Waals surface area contributed by atoms with Crippen molar-refractivity contribution in [1.29, 1.82) is 0 Å². The summed E-state index contributed by atoms with van der Waals surface area (Å²) in [6.07, 6.45) is 0.925. The number of nitrogens with zero attached hydrogens (tertiary/aromatic N) is 3. The van der Waals surface area contributed by atoms with Gasteiger partial charge in [-0.1, -0.05) is 32.1 Å². The number of nitrogen functional groups attached to an aromatic ring is 1. The molecule has 1 aromatic carbocycles.